The van der Waals surface area contributed by atoms with Crippen molar-refractivity contribution in [3.05, 3.63) is 50.2 Å². The van der Waals surface area contributed by atoms with Crippen molar-refractivity contribution in [3.8, 4) is 0 Å². The monoisotopic (exact) mass is 356 g/mol. The number of aryl methyl sites for hydroxylation is 3. The van der Waals surface area contributed by atoms with Crippen molar-refractivity contribution in [2.45, 2.75) is 26.3 Å². The highest BCUT2D eigenvalue weighted by Gasteiger charge is 2.18. The fourth-order valence-electron chi connectivity index (χ4n) is 2.35. The van der Waals surface area contributed by atoms with Gasteiger partial charge in [0.05, 0.1) is 11.7 Å². The first-order chi connectivity index (χ1) is 9.42. The first kappa shape index (κ1) is 15.5. The summed E-state index contributed by atoms with van der Waals surface area (Å²) in [7, 11) is 1.84. The molecule has 0 amide bonds. The Hall–Kier alpha value is -0.880. The van der Waals surface area contributed by atoms with Crippen LogP contribution >= 0.6 is 27.5 Å². The van der Waals surface area contributed by atoms with E-state index in [0.717, 1.165) is 21.3 Å². The minimum atomic E-state index is -0.00778. The number of aromatic nitrogens is 2. The van der Waals surface area contributed by atoms with Crippen molar-refractivity contribution in [1.29, 1.82) is 0 Å². The molecule has 1 aromatic carbocycles. The highest BCUT2D eigenvalue weighted by molar-refractivity contribution is 9.10. The van der Waals surface area contributed by atoms with E-state index in [0.29, 0.717) is 11.6 Å². The van der Waals surface area contributed by atoms with Gasteiger partial charge in [0.2, 0.25) is 0 Å². The Kier molecular flexibility index (Phi) is 4.86. The van der Waals surface area contributed by atoms with Crippen LogP contribution in [0, 0.1) is 13.8 Å². The van der Waals surface area contributed by atoms with Gasteiger partial charge in [-0.2, -0.15) is 5.10 Å². The zero-order chi connectivity index (χ0) is 14.9. The lowest BCUT2D eigenvalue weighted by molar-refractivity contribution is 0.550. The number of hydrogen-bond acceptors (Lipinski definition) is 3. The number of halogens is 2. The molecule has 0 spiro atoms. The van der Waals surface area contributed by atoms with Crippen LogP contribution in [0.3, 0.4) is 0 Å². The molecular formula is C14H18BrClN4. The van der Waals surface area contributed by atoms with E-state index in [-0.39, 0.29) is 6.04 Å². The largest absolute Gasteiger partial charge is 0.271 e. The van der Waals surface area contributed by atoms with E-state index in [9.17, 15) is 0 Å². The van der Waals surface area contributed by atoms with E-state index in [4.69, 9.17) is 17.4 Å². The van der Waals surface area contributed by atoms with E-state index < -0.39 is 0 Å². The predicted molar refractivity (Wildman–Crippen MR) is 85.6 cm³/mol. The lowest BCUT2D eigenvalue weighted by Gasteiger charge is -2.17. The van der Waals surface area contributed by atoms with Crippen LogP contribution in [-0.4, -0.2) is 9.78 Å². The van der Waals surface area contributed by atoms with E-state index >= 15 is 0 Å². The number of benzene rings is 1. The lowest BCUT2D eigenvalue weighted by atomic mass is 9.98. The molecule has 0 fully saturated rings. The van der Waals surface area contributed by atoms with Crippen LogP contribution in [0.5, 0.6) is 0 Å². The van der Waals surface area contributed by atoms with Gasteiger partial charge in [0.25, 0.3) is 0 Å². The molecule has 1 atom stereocenters. The topological polar surface area (TPSA) is 55.9 Å². The molecule has 1 unspecified atom stereocenters. The smallest absolute Gasteiger partial charge is 0.130 e. The summed E-state index contributed by atoms with van der Waals surface area (Å²) in [6.45, 7) is 4.02. The molecule has 4 nitrogen and oxygen atoms in total. The minimum Gasteiger partial charge on any atom is -0.271 e. The molecule has 6 heteroatoms. The Morgan fingerprint density at radius 3 is 2.60 bits per heavy atom. The number of hydrogen-bond donors (Lipinski definition) is 2. The van der Waals surface area contributed by atoms with E-state index in [1.54, 1.807) is 4.68 Å². The average molecular weight is 358 g/mol. The van der Waals surface area contributed by atoms with Crippen LogP contribution in [0.4, 0.5) is 0 Å². The number of hydrazine groups is 1. The second kappa shape index (κ2) is 6.26. The highest BCUT2D eigenvalue weighted by Crippen LogP contribution is 2.27. The summed E-state index contributed by atoms with van der Waals surface area (Å²) in [5.74, 6) is 5.72. The highest BCUT2D eigenvalue weighted by atomic mass is 79.9. The second-order valence-corrected chi connectivity index (χ2v) is 6.24. The quantitative estimate of drug-likeness (QED) is 0.652. The minimum absolute atomic E-state index is 0.00778. The number of nitrogens with one attached hydrogen (secondary N) is 1. The van der Waals surface area contributed by atoms with Crippen molar-refractivity contribution in [3.63, 3.8) is 0 Å². The standard InChI is InChI=1S/C14H18BrClN4/c1-8-4-10(6-11(15)5-8)13(18-17)7-12-9(2)19-20(3)14(12)16/h4-6,13,18H,7,17H2,1-3H3. The lowest BCUT2D eigenvalue weighted by Crippen LogP contribution is -2.29. The number of nitrogens with zero attached hydrogens (tertiary/aromatic N) is 2. The van der Waals surface area contributed by atoms with Crippen LogP contribution in [0.15, 0.2) is 22.7 Å². The SMILES string of the molecule is Cc1cc(Br)cc(C(Cc2c(C)nn(C)c2Cl)NN)c1. The average Bonchev–Trinajstić information content (AvgIpc) is 2.60. The predicted octanol–water partition coefficient (Wildman–Crippen LogP) is 3.20. The molecule has 0 aliphatic heterocycles. The molecule has 108 valence electrons. The van der Waals surface area contributed by atoms with Crippen molar-refractivity contribution in [1.82, 2.24) is 15.2 Å². The molecular weight excluding hydrogens is 340 g/mol. The van der Waals surface area contributed by atoms with Crippen molar-refractivity contribution >= 4 is 27.5 Å². The van der Waals surface area contributed by atoms with Gasteiger partial charge < -0.3 is 0 Å². The molecule has 0 bridgehead atoms. The van der Waals surface area contributed by atoms with Crippen molar-refractivity contribution < 1.29 is 0 Å². The molecule has 20 heavy (non-hydrogen) atoms. The van der Waals surface area contributed by atoms with Gasteiger partial charge in [-0.1, -0.05) is 33.6 Å². The summed E-state index contributed by atoms with van der Waals surface area (Å²) >= 11 is 9.81. The summed E-state index contributed by atoms with van der Waals surface area (Å²) < 4.78 is 2.73. The van der Waals surface area contributed by atoms with Crippen LogP contribution < -0.4 is 11.3 Å². The van der Waals surface area contributed by atoms with Gasteiger partial charge in [0.15, 0.2) is 0 Å². The van der Waals surface area contributed by atoms with E-state index in [1.165, 1.54) is 5.56 Å². The first-order valence-electron chi connectivity index (χ1n) is 6.33. The maximum atomic E-state index is 6.29. The van der Waals surface area contributed by atoms with Crippen LogP contribution in [0.1, 0.15) is 28.4 Å². The fraction of sp³-hybridized carbons (Fsp3) is 0.357. The molecule has 3 N–H and O–H groups in total. The summed E-state index contributed by atoms with van der Waals surface area (Å²) in [5.41, 5.74) is 7.13. The Bertz CT molecular complexity index is 604. The Morgan fingerprint density at radius 1 is 1.40 bits per heavy atom. The zero-order valence-electron chi connectivity index (χ0n) is 11.7. The van der Waals surface area contributed by atoms with Crippen molar-refractivity contribution in [2.75, 3.05) is 0 Å². The number of nitrogens with two attached hydrogens (primary N) is 1. The molecule has 0 saturated heterocycles. The number of rotatable bonds is 4. The second-order valence-electron chi connectivity index (χ2n) is 4.96. The van der Waals surface area contributed by atoms with Crippen LogP contribution in [0.2, 0.25) is 5.15 Å². The fourth-order valence-corrected chi connectivity index (χ4v) is 3.23. The molecule has 0 aliphatic rings. The van der Waals surface area contributed by atoms with Crippen LogP contribution in [-0.2, 0) is 13.5 Å². The Balaban J connectivity index is 2.33. The normalized spacial score (nSPS) is 12.7. The molecule has 0 radical (unpaired) electrons. The summed E-state index contributed by atoms with van der Waals surface area (Å²) in [6, 6.07) is 6.25. The summed E-state index contributed by atoms with van der Waals surface area (Å²) in [4.78, 5) is 0. The van der Waals surface area contributed by atoms with Crippen molar-refractivity contribution in [2.24, 2.45) is 12.9 Å². The van der Waals surface area contributed by atoms with Crippen LogP contribution in [0.25, 0.3) is 0 Å². The van der Waals surface area contributed by atoms with Gasteiger partial charge in [-0.15, -0.1) is 0 Å². The third-order valence-corrected chi connectivity index (χ3v) is 4.28. The van der Waals surface area contributed by atoms with Gasteiger partial charge in [0.1, 0.15) is 5.15 Å². The Labute approximate surface area is 132 Å². The molecule has 2 aromatic rings. The molecule has 1 heterocycles. The van der Waals surface area contributed by atoms with Gasteiger partial charge in [-0.3, -0.25) is 16.0 Å². The third-order valence-electron chi connectivity index (χ3n) is 3.35. The van der Waals surface area contributed by atoms with E-state index in [2.05, 4.69) is 51.6 Å². The van der Waals surface area contributed by atoms with Gasteiger partial charge in [0, 0.05) is 17.1 Å². The van der Waals surface area contributed by atoms with E-state index in [1.807, 2.05) is 14.0 Å². The van der Waals surface area contributed by atoms with Gasteiger partial charge in [-0.25, -0.2) is 0 Å². The summed E-state index contributed by atoms with van der Waals surface area (Å²) in [6.07, 6.45) is 0.699. The Morgan fingerprint density at radius 2 is 2.10 bits per heavy atom. The molecule has 1 aromatic heterocycles. The van der Waals surface area contributed by atoms with Gasteiger partial charge in [-0.05, 0) is 43.5 Å². The first-order valence-corrected chi connectivity index (χ1v) is 7.50. The molecule has 0 saturated carbocycles. The third kappa shape index (κ3) is 3.23. The maximum absolute atomic E-state index is 6.29. The maximum Gasteiger partial charge on any atom is 0.130 e. The van der Waals surface area contributed by atoms with Gasteiger partial charge >= 0.3 is 0 Å². The summed E-state index contributed by atoms with van der Waals surface area (Å²) in [5, 5.41) is 5.00. The zero-order valence-corrected chi connectivity index (χ0v) is 14.1. The molecule has 2 rings (SSSR count). The molecule has 0 aliphatic carbocycles.